The van der Waals surface area contributed by atoms with E-state index >= 15 is 0 Å². The van der Waals surface area contributed by atoms with Crippen LogP contribution in [-0.2, 0) is 4.74 Å². The van der Waals surface area contributed by atoms with Gasteiger partial charge in [0.05, 0.1) is 24.6 Å². The number of rotatable bonds is 5. The molecule has 0 aliphatic carbocycles. The standard InChI is InChI=1S/C19H26N4O2/c1-14(2)17-10-15(6-5-8-24)11-22-19(17)18(23-20)13-21-12-16-7-3-4-9-25-16/h10-11,13-14,16,24H,3-4,7-9,12,20H2,1-2H3/b21-13?,23-18+. The fourth-order valence-electron chi connectivity index (χ4n) is 2.71. The number of ether oxygens (including phenoxy) is 1. The minimum atomic E-state index is -0.176. The molecule has 1 unspecified atom stereocenters. The molecule has 6 heteroatoms. The average molecular weight is 342 g/mol. The molecule has 0 spiro atoms. The molecular formula is C19H26N4O2. The van der Waals surface area contributed by atoms with Crippen LogP contribution >= 0.6 is 0 Å². The van der Waals surface area contributed by atoms with Gasteiger partial charge in [-0.1, -0.05) is 25.7 Å². The van der Waals surface area contributed by atoms with E-state index in [2.05, 4.69) is 40.8 Å². The lowest BCUT2D eigenvalue weighted by Gasteiger charge is -2.20. The number of aliphatic imine (C=N–C) groups is 1. The monoisotopic (exact) mass is 342 g/mol. The van der Waals surface area contributed by atoms with Crippen LogP contribution in [0.5, 0.6) is 0 Å². The van der Waals surface area contributed by atoms with Crippen LogP contribution in [-0.4, -0.2) is 47.9 Å². The maximum atomic E-state index is 8.83. The van der Waals surface area contributed by atoms with Crippen molar-refractivity contribution in [1.82, 2.24) is 4.98 Å². The van der Waals surface area contributed by atoms with Gasteiger partial charge in [-0.2, -0.15) is 5.10 Å². The van der Waals surface area contributed by atoms with E-state index in [1.165, 1.54) is 6.42 Å². The van der Waals surface area contributed by atoms with Crippen molar-refractivity contribution in [3.63, 3.8) is 0 Å². The zero-order valence-electron chi connectivity index (χ0n) is 14.9. The van der Waals surface area contributed by atoms with Crippen LogP contribution in [0.25, 0.3) is 0 Å². The summed E-state index contributed by atoms with van der Waals surface area (Å²) in [5.74, 6) is 11.3. The quantitative estimate of drug-likeness (QED) is 0.370. The molecule has 25 heavy (non-hydrogen) atoms. The van der Waals surface area contributed by atoms with Crippen LogP contribution in [0.15, 0.2) is 22.4 Å². The number of nitrogens with zero attached hydrogens (tertiary/aromatic N) is 3. The normalized spacial score (nSPS) is 18.4. The van der Waals surface area contributed by atoms with Crippen molar-refractivity contribution in [2.75, 3.05) is 19.8 Å². The second-order valence-electron chi connectivity index (χ2n) is 6.27. The van der Waals surface area contributed by atoms with Crippen molar-refractivity contribution in [2.45, 2.75) is 45.1 Å². The molecule has 6 nitrogen and oxygen atoms in total. The number of pyridine rings is 1. The Bertz CT molecular complexity index is 680. The third-order valence-corrected chi connectivity index (χ3v) is 4.03. The van der Waals surface area contributed by atoms with Crippen molar-refractivity contribution in [3.8, 4) is 11.8 Å². The zero-order chi connectivity index (χ0) is 18.1. The Kier molecular flexibility index (Phi) is 7.58. The highest BCUT2D eigenvalue weighted by molar-refractivity contribution is 6.37. The molecule has 0 radical (unpaired) electrons. The Hall–Kier alpha value is -2.23. The Morgan fingerprint density at radius 3 is 3.00 bits per heavy atom. The molecule has 1 atom stereocenters. The first-order valence-electron chi connectivity index (χ1n) is 8.65. The van der Waals surface area contributed by atoms with Crippen molar-refractivity contribution < 1.29 is 9.84 Å². The molecule has 0 saturated carbocycles. The first kappa shape index (κ1) is 19.1. The highest BCUT2D eigenvalue weighted by atomic mass is 16.5. The van der Waals surface area contributed by atoms with Gasteiger partial charge in [-0.15, -0.1) is 0 Å². The average Bonchev–Trinajstić information content (AvgIpc) is 2.64. The van der Waals surface area contributed by atoms with Gasteiger partial charge in [-0.3, -0.25) is 9.98 Å². The van der Waals surface area contributed by atoms with Crippen LogP contribution in [0.2, 0.25) is 0 Å². The van der Waals surface area contributed by atoms with E-state index in [4.69, 9.17) is 15.7 Å². The highest BCUT2D eigenvalue weighted by Gasteiger charge is 2.15. The van der Waals surface area contributed by atoms with Gasteiger partial charge >= 0.3 is 0 Å². The number of hydrazone groups is 1. The molecule has 1 fully saturated rings. The lowest BCUT2D eigenvalue weighted by molar-refractivity contribution is 0.0226. The summed E-state index contributed by atoms with van der Waals surface area (Å²) in [6.07, 6.45) is 6.87. The van der Waals surface area contributed by atoms with Gasteiger partial charge in [-0.25, -0.2) is 0 Å². The second kappa shape index (κ2) is 9.92. The Labute approximate surface area is 149 Å². The van der Waals surface area contributed by atoms with Crippen LogP contribution in [0, 0.1) is 11.8 Å². The largest absolute Gasteiger partial charge is 0.384 e. The predicted molar refractivity (Wildman–Crippen MR) is 100.0 cm³/mol. The number of hydrogen-bond donors (Lipinski definition) is 2. The van der Waals surface area contributed by atoms with Gasteiger partial charge in [0, 0.05) is 18.4 Å². The van der Waals surface area contributed by atoms with Crippen LogP contribution in [0.3, 0.4) is 0 Å². The lowest BCUT2D eigenvalue weighted by atomic mass is 9.97. The predicted octanol–water partition coefficient (Wildman–Crippen LogP) is 1.85. The number of aliphatic hydroxyl groups excluding tert-OH is 1. The summed E-state index contributed by atoms with van der Waals surface area (Å²) >= 11 is 0. The molecule has 1 saturated heterocycles. The molecular weight excluding hydrogens is 316 g/mol. The Morgan fingerprint density at radius 1 is 1.52 bits per heavy atom. The summed E-state index contributed by atoms with van der Waals surface area (Å²) in [7, 11) is 0. The molecule has 0 aromatic carbocycles. The number of nitrogens with two attached hydrogens (primary N) is 1. The van der Waals surface area contributed by atoms with E-state index in [0.717, 1.165) is 30.6 Å². The van der Waals surface area contributed by atoms with E-state index in [1.54, 1.807) is 12.4 Å². The van der Waals surface area contributed by atoms with Gasteiger partial charge in [0.1, 0.15) is 12.3 Å². The van der Waals surface area contributed by atoms with Gasteiger partial charge in [0.2, 0.25) is 0 Å². The summed E-state index contributed by atoms with van der Waals surface area (Å²) < 4.78 is 5.68. The molecule has 0 bridgehead atoms. The first-order valence-corrected chi connectivity index (χ1v) is 8.65. The molecule has 1 aliphatic rings. The Morgan fingerprint density at radius 2 is 2.36 bits per heavy atom. The lowest BCUT2D eigenvalue weighted by Crippen LogP contribution is -2.22. The van der Waals surface area contributed by atoms with E-state index in [0.29, 0.717) is 18.0 Å². The van der Waals surface area contributed by atoms with Gasteiger partial charge in [0.25, 0.3) is 0 Å². The zero-order valence-corrected chi connectivity index (χ0v) is 14.9. The maximum absolute atomic E-state index is 8.83. The number of aliphatic hydroxyl groups is 1. The van der Waals surface area contributed by atoms with E-state index in [1.807, 2.05) is 6.07 Å². The molecule has 1 aromatic rings. The summed E-state index contributed by atoms with van der Waals surface area (Å²) in [6.45, 7) is 5.39. The van der Waals surface area contributed by atoms with Gasteiger partial charge in [0.15, 0.2) is 0 Å². The fraction of sp³-hybridized carbons (Fsp3) is 0.526. The summed E-state index contributed by atoms with van der Waals surface area (Å²) in [5.41, 5.74) is 3.00. The molecule has 2 rings (SSSR count). The molecule has 2 heterocycles. The summed E-state index contributed by atoms with van der Waals surface area (Å²) in [4.78, 5) is 8.93. The summed E-state index contributed by atoms with van der Waals surface area (Å²) in [6, 6.07) is 1.96. The van der Waals surface area contributed by atoms with Gasteiger partial charge < -0.3 is 15.7 Å². The maximum Gasteiger partial charge on any atom is 0.126 e. The fourth-order valence-corrected chi connectivity index (χ4v) is 2.71. The van der Waals surface area contributed by atoms with Gasteiger partial charge in [-0.05, 0) is 36.8 Å². The van der Waals surface area contributed by atoms with Crippen molar-refractivity contribution in [3.05, 3.63) is 29.1 Å². The van der Waals surface area contributed by atoms with Crippen LogP contribution < -0.4 is 5.84 Å². The van der Waals surface area contributed by atoms with Crippen molar-refractivity contribution in [2.24, 2.45) is 15.9 Å². The first-order chi connectivity index (χ1) is 12.2. The van der Waals surface area contributed by atoms with Crippen molar-refractivity contribution in [1.29, 1.82) is 0 Å². The molecule has 1 aliphatic heterocycles. The SMILES string of the molecule is CC(C)c1cc(C#CCO)cnc1/C(C=NCC1CCCCO1)=N/N. The minimum Gasteiger partial charge on any atom is -0.384 e. The second-order valence-corrected chi connectivity index (χ2v) is 6.27. The molecule has 1 aromatic heterocycles. The Balaban J connectivity index is 2.18. The molecule has 134 valence electrons. The highest BCUT2D eigenvalue weighted by Crippen LogP contribution is 2.19. The van der Waals surface area contributed by atoms with Crippen LogP contribution in [0.4, 0.5) is 0 Å². The molecule has 3 N–H and O–H groups in total. The minimum absolute atomic E-state index is 0.176. The smallest absolute Gasteiger partial charge is 0.126 e. The molecule has 0 amide bonds. The van der Waals surface area contributed by atoms with E-state index in [9.17, 15) is 0 Å². The summed E-state index contributed by atoms with van der Waals surface area (Å²) in [5, 5.41) is 12.7. The third-order valence-electron chi connectivity index (χ3n) is 4.03. The number of aromatic nitrogens is 1. The topological polar surface area (TPSA) is 93.1 Å². The van der Waals surface area contributed by atoms with Crippen LogP contribution in [0.1, 0.15) is 55.8 Å². The van der Waals surface area contributed by atoms with E-state index < -0.39 is 0 Å². The van der Waals surface area contributed by atoms with Crippen molar-refractivity contribution >= 4 is 11.9 Å². The van der Waals surface area contributed by atoms with E-state index in [-0.39, 0.29) is 18.6 Å². The number of hydrogen-bond acceptors (Lipinski definition) is 6. The third kappa shape index (κ3) is 5.66.